The molecule has 5 heterocycles. The lowest BCUT2D eigenvalue weighted by Gasteiger charge is -2.44. The first kappa shape index (κ1) is 40.1. The van der Waals surface area contributed by atoms with Gasteiger partial charge in [-0.1, -0.05) is 41.4 Å². The number of hydrogen-bond donors (Lipinski definition) is 0. The molecule has 3 fully saturated rings. The van der Waals surface area contributed by atoms with Crippen LogP contribution in [0.1, 0.15) is 59.2 Å². The number of thiophene rings is 1. The van der Waals surface area contributed by atoms with E-state index in [-0.39, 0.29) is 58.6 Å². The minimum absolute atomic E-state index is 0. The van der Waals surface area contributed by atoms with Crippen LogP contribution in [0.25, 0.3) is 0 Å². The Hall–Kier alpha value is -4.08. The molecule has 1 amide bonds. The molecule has 2 aromatic heterocycles. The van der Waals surface area contributed by atoms with Crippen molar-refractivity contribution in [3.05, 3.63) is 104 Å². The van der Waals surface area contributed by atoms with Gasteiger partial charge in [0.05, 0.1) is 18.3 Å². The van der Waals surface area contributed by atoms with Gasteiger partial charge in [-0.2, -0.15) is 8.78 Å². The fraction of sp³-hybridized carbons (Fsp3) is 0.378. The monoisotopic (exact) mass is 795 g/mol. The number of rotatable bonds is 13. The highest BCUT2D eigenvalue weighted by Crippen LogP contribution is 2.37. The summed E-state index contributed by atoms with van der Waals surface area (Å²) in [4.78, 5) is 33.9. The first-order chi connectivity index (χ1) is 24.9. The van der Waals surface area contributed by atoms with Gasteiger partial charge in [0.2, 0.25) is 0 Å². The number of nitrogens with one attached hydrogen (secondary N) is 1. The number of aromatic amines is 1. The van der Waals surface area contributed by atoms with Gasteiger partial charge in [0.15, 0.2) is 23.9 Å². The van der Waals surface area contributed by atoms with Crippen molar-refractivity contribution in [1.29, 1.82) is 0 Å². The summed E-state index contributed by atoms with van der Waals surface area (Å²) in [6, 6.07) is 11.8. The van der Waals surface area contributed by atoms with E-state index < -0.39 is 30.6 Å². The van der Waals surface area contributed by atoms with Crippen molar-refractivity contribution in [3.63, 3.8) is 0 Å². The number of aromatic nitrogens is 1. The Balaban J connectivity index is 0.00000541. The molecule has 16 heteroatoms. The molecule has 4 aromatic rings. The van der Waals surface area contributed by atoms with Gasteiger partial charge in [0.1, 0.15) is 32.9 Å². The van der Waals surface area contributed by atoms with Crippen molar-refractivity contribution in [2.75, 3.05) is 24.5 Å². The molecule has 3 saturated heterocycles. The molecule has 2 aromatic carbocycles. The second-order valence-corrected chi connectivity index (χ2v) is 14.6. The molecule has 2 N–H and O–H groups in total. The van der Waals surface area contributed by atoms with Crippen LogP contribution < -0.4 is 19.4 Å². The van der Waals surface area contributed by atoms with E-state index >= 15 is 4.39 Å². The second-order valence-electron chi connectivity index (χ2n) is 12.9. The smallest absolute Gasteiger partial charge is 0.415 e. The van der Waals surface area contributed by atoms with E-state index in [1.165, 1.54) is 53.7 Å². The minimum atomic E-state index is -3.09. The van der Waals surface area contributed by atoms with E-state index in [0.717, 1.165) is 37.3 Å². The zero-order chi connectivity index (χ0) is 36.9. The predicted molar refractivity (Wildman–Crippen MR) is 192 cm³/mol. The highest BCUT2D eigenvalue weighted by molar-refractivity contribution is 7.12. The quantitative estimate of drug-likeness (QED) is 0.123. The highest BCUT2D eigenvalue weighted by Gasteiger charge is 2.38. The summed E-state index contributed by atoms with van der Waals surface area (Å²) in [5.74, 6) is -1.19. The molecule has 53 heavy (non-hydrogen) atoms. The summed E-state index contributed by atoms with van der Waals surface area (Å²) >= 11 is 14.0. The third-order valence-electron chi connectivity index (χ3n) is 8.96. The molecule has 10 nitrogen and oxygen atoms in total. The number of fused-ring (bicyclic) bond motifs is 3. The van der Waals surface area contributed by atoms with E-state index in [9.17, 15) is 18.4 Å². The summed E-state index contributed by atoms with van der Waals surface area (Å²) in [5, 5.41) is 2.27. The number of piperidine rings is 3. The number of ether oxygens (including phenoxy) is 4. The van der Waals surface area contributed by atoms with Crippen molar-refractivity contribution in [3.8, 4) is 11.5 Å². The fourth-order valence-corrected chi connectivity index (χ4v) is 7.76. The Morgan fingerprint density at radius 2 is 1.74 bits per heavy atom. The van der Waals surface area contributed by atoms with Crippen LogP contribution in [-0.2, 0) is 22.4 Å². The lowest BCUT2D eigenvalue weighted by molar-refractivity contribution is -0.377. The summed E-state index contributed by atoms with van der Waals surface area (Å²) < 4.78 is 63.9. The van der Waals surface area contributed by atoms with Gasteiger partial charge in [-0.15, -0.1) is 11.3 Å². The van der Waals surface area contributed by atoms with Crippen LogP contribution in [0.2, 0.25) is 10.0 Å². The van der Waals surface area contributed by atoms with Crippen LogP contribution in [0.5, 0.6) is 11.5 Å². The summed E-state index contributed by atoms with van der Waals surface area (Å²) in [6.07, 6.45) is 2.62. The van der Waals surface area contributed by atoms with Gasteiger partial charge in [0, 0.05) is 18.5 Å². The number of nitrogens with zero attached hydrogens (tertiary/aromatic N) is 2. The molecule has 0 unspecified atom stereocenters. The van der Waals surface area contributed by atoms with Gasteiger partial charge < -0.3 is 24.4 Å². The number of amides is 1. The molecule has 2 atom stereocenters. The lowest BCUT2D eigenvalue weighted by Crippen LogP contribution is -2.53. The molecule has 0 aliphatic carbocycles. The molecular weight excluding hydrogens is 758 g/mol. The summed E-state index contributed by atoms with van der Waals surface area (Å²) in [5.41, 5.74) is 1.49. The number of carbonyl (C=O) groups is 2. The zero-order valence-corrected chi connectivity index (χ0v) is 31.1. The SMILES string of the molecule is CC(C)Oc1cc([C@H](Cc2c(Cl)c[nH+]cc2Cl)OC(=O)c2cc(CN(C(=O)O[C@H]3CN4CCC3CC4)c3ccccc3F)cs2)ccc1OC(F)F.[OH-]. The standard InChI is InChI=1S/C37H36Cl2F3N3O6S.H2O/c1-21(2)48-32-14-24(7-8-30(32)50-36(41)42)31(15-25-26(38)16-43-17-27(25)39)49-35(46)34-13-22(20-52-34)18-45(29-6-4-3-5-28(29)40)37(47)51-33-19-44-11-9-23(33)10-12-44;/h3-8,13-14,16-17,20-21,23,31,33,36H,9-12,15,18-19H2,1-2H3;1H2/t31-,33-;/m0./s1. The number of anilines is 1. The number of hydrogen-bond acceptors (Lipinski definition) is 9. The molecule has 2 bridgehead atoms. The normalized spacial score (nSPS) is 18.3. The van der Waals surface area contributed by atoms with Crippen LogP contribution in [0.15, 0.2) is 66.3 Å². The number of carbonyl (C=O) groups excluding carboxylic acids is 2. The van der Waals surface area contributed by atoms with Crippen LogP contribution in [-0.4, -0.2) is 60.9 Å². The van der Waals surface area contributed by atoms with Gasteiger partial charge in [-0.3, -0.25) is 9.80 Å². The largest absolute Gasteiger partial charge is 0.870 e. The maximum atomic E-state index is 15.1. The van der Waals surface area contributed by atoms with Crippen LogP contribution in [0.4, 0.5) is 23.7 Å². The second kappa shape index (κ2) is 17.8. The highest BCUT2D eigenvalue weighted by atomic mass is 35.5. The van der Waals surface area contributed by atoms with E-state index in [4.69, 9.17) is 37.4 Å². The third kappa shape index (κ3) is 9.92. The Labute approximate surface area is 318 Å². The third-order valence-corrected chi connectivity index (χ3v) is 10.6. The number of pyridine rings is 1. The summed E-state index contributed by atoms with van der Waals surface area (Å²) in [6.45, 7) is 2.89. The Morgan fingerprint density at radius 3 is 2.38 bits per heavy atom. The van der Waals surface area contributed by atoms with Gasteiger partial charge in [-0.25, -0.2) is 19.0 Å². The first-order valence-electron chi connectivity index (χ1n) is 16.8. The zero-order valence-electron chi connectivity index (χ0n) is 28.8. The molecule has 7 rings (SSSR count). The van der Waals surface area contributed by atoms with Crippen molar-refractivity contribution in [2.45, 2.75) is 64.6 Å². The van der Waals surface area contributed by atoms with Crippen LogP contribution >= 0.6 is 34.5 Å². The Kier molecular flexibility index (Phi) is 13.5. The molecular formula is C37H38Cl2F3N3O7S. The van der Waals surface area contributed by atoms with Crippen molar-refractivity contribution in [2.24, 2.45) is 5.92 Å². The number of para-hydroxylation sites is 1. The maximum Gasteiger partial charge on any atom is 0.415 e. The van der Waals surface area contributed by atoms with E-state index in [1.807, 2.05) is 0 Å². The van der Waals surface area contributed by atoms with Crippen LogP contribution in [0, 0.1) is 11.7 Å². The van der Waals surface area contributed by atoms with Crippen molar-refractivity contribution < 1.29 is 52.2 Å². The van der Waals surface area contributed by atoms with Gasteiger partial charge in [0.25, 0.3) is 0 Å². The Bertz CT molecular complexity index is 1870. The molecule has 284 valence electrons. The maximum absolute atomic E-state index is 15.1. The number of esters is 1. The van der Waals surface area contributed by atoms with Crippen LogP contribution in [0.3, 0.4) is 0 Å². The van der Waals surface area contributed by atoms with E-state index in [1.54, 1.807) is 31.4 Å². The molecule has 3 aliphatic rings. The van der Waals surface area contributed by atoms with Gasteiger partial charge >= 0.3 is 18.7 Å². The van der Waals surface area contributed by atoms with Crippen molar-refractivity contribution >= 4 is 52.3 Å². The number of halogens is 5. The lowest BCUT2D eigenvalue weighted by atomic mass is 9.86. The molecule has 3 aliphatic heterocycles. The molecule has 0 radical (unpaired) electrons. The fourth-order valence-electron chi connectivity index (χ4n) is 6.44. The number of alkyl halides is 2. The average molecular weight is 797 g/mol. The summed E-state index contributed by atoms with van der Waals surface area (Å²) in [7, 11) is 0. The Morgan fingerprint density at radius 1 is 1.02 bits per heavy atom. The van der Waals surface area contributed by atoms with Crippen molar-refractivity contribution in [1.82, 2.24) is 4.90 Å². The minimum Gasteiger partial charge on any atom is -0.870 e. The number of benzene rings is 2. The molecule has 0 spiro atoms. The van der Waals surface area contributed by atoms with E-state index in [0.29, 0.717) is 33.3 Å². The molecule has 0 saturated carbocycles. The first-order valence-corrected chi connectivity index (χ1v) is 18.4. The average Bonchev–Trinajstić information content (AvgIpc) is 3.58. The van der Waals surface area contributed by atoms with E-state index in [2.05, 4.69) is 14.6 Å². The number of H-pyrrole nitrogens is 1. The topological polar surface area (TPSA) is 122 Å². The predicted octanol–water partition coefficient (Wildman–Crippen LogP) is 8.60. The van der Waals surface area contributed by atoms with Gasteiger partial charge in [-0.05, 0) is 92.5 Å².